The number of nitrogens with zero attached hydrogens (tertiary/aromatic N) is 2. The summed E-state index contributed by atoms with van der Waals surface area (Å²) in [6, 6.07) is 8.53. The Kier molecular flexibility index (Phi) is 5.85. The molecule has 1 aromatic carbocycles. The van der Waals surface area contributed by atoms with Crippen LogP contribution in [0.3, 0.4) is 0 Å². The van der Waals surface area contributed by atoms with Gasteiger partial charge in [-0.2, -0.15) is 0 Å². The lowest BCUT2D eigenvalue weighted by Gasteiger charge is -2.37. The average molecular weight is 346 g/mol. The van der Waals surface area contributed by atoms with Crippen LogP contribution in [0.4, 0.5) is 0 Å². The minimum Gasteiger partial charge on any atom is -0.396 e. The van der Waals surface area contributed by atoms with Gasteiger partial charge in [-0.15, -0.1) is 11.3 Å². The fraction of sp³-hybridized carbons (Fsp3) is 0.579. The number of benzene rings is 1. The lowest BCUT2D eigenvalue weighted by atomic mass is 9.93. The number of aryl methyl sites for hydroxylation is 1. The predicted octanol–water partition coefficient (Wildman–Crippen LogP) is 3.63. The number of aliphatic hydroxyl groups is 1. The molecule has 2 heterocycles. The lowest BCUT2D eigenvalue weighted by Crippen LogP contribution is -2.46. The maximum atomic E-state index is 12.5. The van der Waals surface area contributed by atoms with Crippen molar-refractivity contribution in [3.8, 4) is 0 Å². The van der Waals surface area contributed by atoms with Gasteiger partial charge in [-0.05, 0) is 57.1 Å². The molecule has 4 nitrogen and oxygen atoms in total. The summed E-state index contributed by atoms with van der Waals surface area (Å²) in [4.78, 5) is 19.1. The van der Waals surface area contributed by atoms with Crippen LogP contribution in [0.5, 0.6) is 0 Å². The van der Waals surface area contributed by atoms with Crippen LogP contribution >= 0.6 is 11.3 Å². The minimum atomic E-state index is 0.189. The number of likely N-dealkylation sites (tertiary alicyclic amines) is 1. The van der Waals surface area contributed by atoms with Gasteiger partial charge in [0.1, 0.15) is 0 Å². The van der Waals surface area contributed by atoms with Crippen molar-refractivity contribution in [1.82, 2.24) is 9.88 Å². The van der Waals surface area contributed by atoms with Crippen LogP contribution < -0.4 is 0 Å². The molecule has 1 aromatic heterocycles. The van der Waals surface area contributed by atoms with Gasteiger partial charge in [-0.1, -0.05) is 12.1 Å². The maximum absolute atomic E-state index is 12.5. The third-order valence-corrected chi connectivity index (χ3v) is 6.02. The van der Waals surface area contributed by atoms with E-state index in [-0.39, 0.29) is 18.4 Å². The van der Waals surface area contributed by atoms with Crippen LogP contribution in [0.1, 0.15) is 44.0 Å². The van der Waals surface area contributed by atoms with Crippen LogP contribution in [-0.4, -0.2) is 40.1 Å². The van der Waals surface area contributed by atoms with Crippen molar-refractivity contribution in [2.45, 2.75) is 51.5 Å². The Balaban J connectivity index is 1.44. The molecule has 0 bridgehead atoms. The first-order valence-electron chi connectivity index (χ1n) is 8.92. The van der Waals surface area contributed by atoms with E-state index in [9.17, 15) is 9.90 Å². The Morgan fingerprint density at radius 3 is 2.96 bits per heavy atom. The van der Waals surface area contributed by atoms with Crippen molar-refractivity contribution >= 4 is 27.5 Å². The Labute approximate surface area is 147 Å². The molecular weight excluding hydrogens is 320 g/mol. The molecule has 1 saturated heterocycles. The fourth-order valence-electron chi connectivity index (χ4n) is 3.40. The summed E-state index contributed by atoms with van der Waals surface area (Å²) in [5, 5.41) is 10.5. The number of aliphatic hydroxyl groups excluding tert-OH is 1. The molecule has 2 atom stereocenters. The summed E-state index contributed by atoms with van der Waals surface area (Å²) in [6.45, 7) is 3.02. The van der Waals surface area contributed by atoms with Crippen molar-refractivity contribution in [3.05, 3.63) is 29.3 Å². The monoisotopic (exact) mass is 346 g/mol. The van der Waals surface area contributed by atoms with E-state index in [1.165, 1.54) is 4.70 Å². The highest BCUT2D eigenvalue weighted by atomic mass is 32.1. The molecule has 2 unspecified atom stereocenters. The number of carbonyl (C=O) groups is 1. The number of fused-ring (bicyclic) bond motifs is 1. The normalized spacial score (nSPS) is 21.3. The highest BCUT2D eigenvalue weighted by Crippen LogP contribution is 2.24. The van der Waals surface area contributed by atoms with Gasteiger partial charge in [-0.3, -0.25) is 4.79 Å². The highest BCUT2D eigenvalue weighted by Gasteiger charge is 2.27. The third kappa shape index (κ3) is 4.14. The van der Waals surface area contributed by atoms with Gasteiger partial charge >= 0.3 is 0 Å². The molecule has 5 heteroatoms. The number of unbranched alkanes of at least 4 members (excludes halogenated alkanes) is 1. The Bertz CT molecular complexity index is 652. The smallest absolute Gasteiger partial charge is 0.222 e. The zero-order chi connectivity index (χ0) is 16.9. The molecular formula is C19H26N2O2S. The molecule has 2 aromatic rings. The number of thiazole rings is 1. The maximum Gasteiger partial charge on any atom is 0.222 e. The van der Waals surface area contributed by atoms with Crippen LogP contribution in [-0.2, 0) is 11.2 Å². The lowest BCUT2D eigenvalue weighted by molar-refractivity contribution is -0.136. The number of hydrogen-bond acceptors (Lipinski definition) is 4. The van der Waals surface area contributed by atoms with Crippen molar-refractivity contribution in [1.29, 1.82) is 0 Å². The van der Waals surface area contributed by atoms with E-state index in [2.05, 4.69) is 18.0 Å². The van der Waals surface area contributed by atoms with Crippen LogP contribution in [0.2, 0.25) is 0 Å². The molecule has 1 aliphatic rings. The quantitative estimate of drug-likeness (QED) is 0.813. The van der Waals surface area contributed by atoms with Gasteiger partial charge < -0.3 is 10.0 Å². The van der Waals surface area contributed by atoms with Crippen molar-refractivity contribution in [2.24, 2.45) is 5.92 Å². The van der Waals surface area contributed by atoms with Crippen LogP contribution in [0, 0.1) is 5.92 Å². The summed E-state index contributed by atoms with van der Waals surface area (Å²) in [5.41, 5.74) is 1.07. The van der Waals surface area contributed by atoms with Crippen molar-refractivity contribution < 1.29 is 9.90 Å². The van der Waals surface area contributed by atoms with Gasteiger partial charge in [0.2, 0.25) is 5.91 Å². The first-order valence-corrected chi connectivity index (χ1v) is 9.74. The van der Waals surface area contributed by atoms with Crippen LogP contribution in [0.15, 0.2) is 24.3 Å². The van der Waals surface area contributed by atoms with E-state index in [1.54, 1.807) is 11.3 Å². The molecule has 0 aliphatic carbocycles. The van der Waals surface area contributed by atoms with Gasteiger partial charge in [0, 0.05) is 25.6 Å². The number of carbonyl (C=O) groups excluding carboxylic acids is 1. The molecule has 130 valence electrons. The number of piperidine rings is 1. The van der Waals surface area contributed by atoms with Crippen molar-refractivity contribution in [3.63, 3.8) is 0 Å². The summed E-state index contributed by atoms with van der Waals surface area (Å²) < 4.78 is 1.24. The molecule has 24 heavy (non-hydrogen) atoms. The van der Waals surface area contributed by atoms with Gasteiger partial charge in [0.15, 0.2) is 0 Å². The summed E-state index contributed by atoms with van der Waals surface area (Å²) in [5.74, 6) is 0.498. The molecule has 3 rings (SSSR count). The average Bonchev–Trinajstić information content (AvgIpc) is 3.01. The minimum absolute atomic E-state index is 0.189. The number of rotatable bonds is 6. The van der Waals surface area contributed by atoms with Gasteiger partial charge in [-0.25, -0.2) is 4.98 Å². The van der Waals surface area contributed by atoms with Crippen LogP contribution in [0.25, 0.3) is 10.2 Å². The standard InChI is InChI=1S/C19H26N2O2S/c1-14-10-11-15(13-22)12-21(14)19(23)9-5-4-8-18-20-16-6-2-3-7-17(16)24-18/h2-3,6-7,14-15,22H,4-5,8-13H2,1H3. The van der Waals surface area contributed by atoms with E-state index in [4.69, 9.17) is 0 Å². The molecule has 1 fully saturated rings. The summed E-state index contributed by atoms with van der Waals surface area (Å²) >= 11 is 1.75. The predicted molar refractivity (Wildman–Crippen MR) is 98.2 cm³/mol. The van der Waals surface area contributed by atoms with E-state index in [1.807, 2.05) is 23.1 Å². The molecule has 1 N–H and O–H groups in total. The number of amides is 1. The summed E-state index contributed by atoms with van der Waals surface area (Å²) in [7, 11) is 0. The first kappa shape index (κ1) is 17.4. The number of para-hydroxylation sites is 1. The molecule has 1 aliphatic heterocycles. The Hall–Kier alpha value is -1.46. The second kappa shape index (κ2) is 8.08. The van der Waals surface area contributed by atoms with E-state index in [0.717, 1.165) is 42.6 Å². The zero-order valence-electron chi connectivity index (χ0n) is 14.3. The van der Waals surface area contributed by atoms with Crippen molar-refractivity contribution in [2.75, 3.05) is 13.2 Å². The highest BCUT2D eigenvalue weighted by molar-refractivity contribution is 7.18. The molecule has 0 radical (unpaired) electrons. The second-order valence-electron chi connectivity index (χ2n) is 6.80. The van der Waals surface area contributed by atoms with Gasteiger partial charge in [0.25, 0.3) is 0 Å². The SMILES string of the molecule is CC1CCC(CO)CN1C(=O)CCCCc1nc2ccccc2s1. The number of hydrogen-bond donors (Lipinski definition) is 1. The van der Waals surface area contributed by atoms with E-state index < -0.39 is 0 Å². The Morgan fingerprint density at radius 1 is 1.33 bits per heavy atom. The molecule has 1 amide bonds. The third-order valence-electron chi connectivity index (χ3n) is 4.93. The summed E-state index contributed by atoms with van der Waals surface area (Å²) in [6.07, 6.45) is 5.48. The fourth-order valence-corrected chi connectivity index (χ4v) is 4.41. The molecule has 0 spiro atoms. The largest absolute Gasteiger partial charge is 0.396 e. The topological polar surface area (TPSA) is 53.4 Å². The van der Waals surface area contributed by atoms with E-state index >= 15 is 0 Å². The zero-order valence-corrected chi connectivity index (χ0v) is 15.1. The Morgan fingerprint density at radius 2 is 2.17 bits per heavy atom. The molecule has 0 saturated carbocycles. The first-order chi connectivity index (χ1) is 11.7. The van der Waals surface area contributed by atoms with E-state index in [0.29, 0.717) is 19.0 Å². The second-order valence-corrected chi connectivity index (χ2v) is 7.92. The number of aromatic nitrogens is 1. The van der Waals surface area contributed by atoms with Gasteiger partial charge in [0.05, 0.1) is 15.2 Å².